The third-order valence-corrected chi connectivity index (χ3v) is 9.30. The van der Waals surface area contributed by atoms with Crippen molar-refractivity contribution in [3.8, 4) is 0 Å². The standard InChI is InChI=1S/C36H45N7O12/c44-21-1-4-28(47)39(19-2-17-37-26(45)7-5-24(42-33(52)13-14-34(42)53)22-40-29(48)9-10-30(40)49)20-3-18-38-27(46)8-6-25(43-35(54)15-16-36(43)55)23-41-31(50)11-12-32(41)51/h9-16,24-26,37,44-45H,1-8,17-23H2,(H,38,46). The van der Waals surface area contributed by atoms with Crippen molar-refractivity contribution in [1.29, 1.82) is 0 Å². The molecule has 4 aliphatic heterocycles. The highest BCUT2D eigenvalue weighted by Crippen LogP contribution is 2.19. The van der Waals surface area contributed by atoms with E-state index in [9.17, 15) is 58.2 Å². The zero-order valence-electron chi connectivity index (χ0n) is 30.2. The summed E-state index contributed by atoms with van der Waals surface area (Å²) in [6, 6.07) is -1.78. The minimum Gasteiger partial charge on any atom is -0.396 e. The maximum atomic E-state index is 12.9. The smallest absolute Gasteiger partial charge is 0.253 e. The molecule has 55 heavy (non-hydrogen) atoms. The second-order valence-electron chi connectivity index (χ2n) is 13.2. The maximum absolute atomic E-state index is 12.9. The van der Waals surface area contributed by atoms with Crippen LogP contribution in [0.25, 0.3) is 0 Å². The van der Waals surface area contributed by atoms with Gasteiger partial charge in [-0.15, -0.1) is 0 Å². The van der Waals surface area contributed by atoms with Crippen LogP contribution in [0.3, 0.4) is 0 Å². The lowest BCUT2D eigenvalue weighted by Gasteiger charge is -2.30. The average molecular weight is 768 g/mol. The van der Waals surface area contributed by atoms with Gasteiger partial charge in [0.2, 0.25) is 11.8 Å². The van der Waals surface area contributed by atoms with Crippen molar-refractivity contribution in [2.75, 3.05) is 45.9 Å². The quantitative estimate of drug-likeness (QED) is 0.0447. The third kappa shape index (κ3) is 11.7. The highest BCUT2D eigenvalue weighted by Gasteiger charge is 2.37. The Hall–Kier alpha value is -5.66. The summed E-state index contributed by atoms with van der Waals surface area (Å²) in [6.07, 6.45) is 8.81. The zero-order valence-corrected chi connectivity index (χ0v) is 30.2. The second kappa shape index (κ2) is 20.1. The number of carbonyl (C=O) groups excluding carboxylic acids is 10. The number of rotatable bonds is 24. The molecular formula is C36H45N7O12. The molecule has 3 atom stereocenters. The summed E-state index contributed by atoms with van der Waals surface area (Å²) in [6.45, 7) is 0.353. The number of nitrogens with one attached hydrogen (secondary N) is 2. The number of hydrogen-bond donors (Lipinski definition) is 4. The van der Waals surface area contributed by atoms with Gasteiger partial charge in [-0.1, -0.05) is 0 Å². The minimum absolute atomic E-state index is 0.00564. The van der Waals surface area contributed by atoms with Gasteiger partial charge in [0, 0.05) is 87.7 Å². The molecule has 0 saturated heterocycles. The van der Waals surface area contributed by atoms with Gasteiger partial charge in [0.25, 0.3) is 47.3 Å². The van der Waals surface area contributed by atoms with Crippen LogP contribution >= 0.6 is 0 Å². The molecule has 0 spiro atoms. The minimum atomic E-state index is -1.08. The largest absolute Gasteiger partial charge is 0.396 e. The first-order chi connectivity index (χ1) is 26.3. The lowest BCUT2D eigenvalue weighted by atomic mass is 10.1. The van der Waals surface area contributed by atoms with Crippen molar-refractivity contribution < 1.29 is 58.2 Å². The van der Waals surface area contributed by atoms with Crippen molar-refractivity contribution in [3.05, 3.63) is 48.6 Å². The topological polar surface area (TPSA) is 251 Å². The molecular weight excluding hydrogens is 722 g/mol. The van der Waals surface area contributed by atoms with Crippen LogP contribution in [0.4, 0.5) is 0 Å². The Bertz CT molecular complexity index is 1620. The molecule has 0 aromatic rings. The summed E-state index contributed by atoms with van der Waals surface area (Å²) in [5.74, 6) is -5.31. The number of carbonyl (C=O) groups is 10. The van der Waals surface area contributed by atoms with Crippen LogP contribution in [-0.2, 0) is 47.9 Å². The van der Waals surface area contributed by atoms with E-state index in [0.29, 0.717) is 12.8 Å². The van der Waals surface area contributed by atoms with Crippen LogP contribution in [0.2, 0.25) is 0 Å². The molecule has 4 heterocycles. The first-order valence-corrected chi connectivity index (χ1v) is 18.0. The highest BCUT2D eigenvalue weighted by molar-refractivity contribution is 6.15. The summed E-state index contributed by atoms with van der Waals surface area (Å²) in [5, 5.41) is 25.5. The maximum Gasteiger partial charge on any atom is 0.253 e. The molecule has 0 aromatic heterocycles. The van der Waals surface area contributed by atoms with E-state index in [1.807, 2.05) is 0 Å². The SMILES string of the molecule is O=C(CCC(CN1C(=O)C=CC1=O)N1C(=O)C=CC1=O)NCCCN(CCCNC(O)CCC(CN1C(=O)C=CC1=O)N1C(=O)C=CC1=O)C(=O)CCCO. The fourth-order valence-corrected chi connectivity index (χ4v) is 6.42. The fraction of sp³-hybridized carbons (Fsp3) is 0.500. The van der Waals surface area contributed by atoms with Crippen LogP contribution in [0, 0.1) is 0 Å². The van der Waals surface area contributed by atoms with Crippen molar-refractivity contribution in [3.63, 3.8) is 0 Å². The van der Waals surface area contributed by atoms with Crippen molar-refractivity contribution in [1.82, 2.24) is 35.1 Å². The van der Waals surface area contributed by atoms with Crippen LogP contribution in [0.1, 0.15) is 51.4 Å². The van der Waals surface area contributed by atoms with Gasteiger partial charge in [-0.05, 0) is 45.1 Å². The summed E-state index contributed by atoms with van der Waals surface area (Å²) in [7, 11) is 0. The first kappa shape index (κ1) is 42.1. The summed E-state index contributed by atoms with van der Waals surface area (Å²) >= 11 is 0. The normalized spacial score (nSPS) is 18.2. The number of amides is 10. The molecule has 4 N–H and O–H groups in total. The Morgan fingerprint density at radius 1 is 0.582 bits per heavy atom. The second-order valence-corrected chi connectivity index (χ2v) is 13.2. The van der Waals surface area contributed by atoms with E-state index in [2.05, 4.69) is 10.6 Å². The van der Waals surface area contributed by atoms with Gasteiger partial charge in [0.1, 0.15) is 6.23 Å². The van der Waals surface area contributed by atoms with Gasteiger partial charge in [-0.2, -0.15) is 0 Å². The van der Waals surface area contributed by atoms with Crippen LogP contribution in [0.5, 0.6) is 0 Å². The van der Waals surface area contributed by atoms with E-state index in [1.165, 1.54) is 0 Å². The molecule has 0 aliphatic carbocycles. The van der Waals surface area contributed by atoms with Gasteiger partial charge < -0.3 is 20.4 Å². The number of aliphatic hydroxyl groups excluding tert-OH is 2. The monoisotopic (exact) mass is 767 g/mol. The number of imide groups is 4. The Morgan fingerprint density at radius 2 is 1.02 bits per heavy atom. The molecule has 0 bridgehead atoms. The lowest BCUT2D eigenvalue weighted by Crippen LogP contribution is -2.49. The molecule has 296 valence electrons. The Morgan fingerprint density at radius 3 is 1.49 bits per heavy atom. The van der Waals surface area contributed by atoms with Gasteiger partial charge in [0.15, 0.2) is 0 Å². The van der Waals surface area contributed by atoms with E-state index >= 15 is 0 Å². The Balaban J connectivity index is 1.20. The van der Waals surface area contributed by atoms with Gasteiger partial charge in [-0.25, -0.2) is 0 Å². The predicted octanol–water partition coefficient (Wildman–Crippen LogP) is -2.61. The van der Waals surface area contributed by atoms with E-state index in [1.54, 1.807) is 4.90 Å². The van der Waals surface area contributed by atoms with Crippen molar-refractivity contribution >= 4 is 59.1 Å². The average Bonchev–Trinajstić information content (AvgIpc) is 3.88. The molecule has 0 fully saturated rings. The molecule has 0 saturated carbocycles. The molecule has 4 rings (SSSR count). The van der Waals surface area contributed by atoms with E-state index in [-0.39, 0.29) is 90.3 Å². The van der Waals surface area contributed by atoms with E-state index < -0.39 is 71.5 Å². The molecule has 10 amide bonds. The van der Waals surface area contributed by atoms with Gasteiger partial charge >= 0.3 is 0 Å². The summed E-state index contributed by atoms with van der Waals surface area (Å²) in [5.41, 5.74) is 0. The summed E-state index contributed by atoms with van der Waals surface area (Å²) in [4.78, 5) is 129. The highest BCUT2D eigenvalue weighted by atomic mass is 16.3. The lowest BCUT2D eigenvalue weighted by molar-refractivity contribution is -0.145. The number of aliphatic hydroxyl groups is 2. The van der Waals surface area contributed by atoms with Gasteiger partial charge in [0.05, 0.1) is 25.2 Å². The molecule has 3 unspecified atom stereocenters. The van der Waals surface area contributed by atoms with Crippen molar-refractivity contribution in [2.45, 2.75) is 69.7 Å². The van der Waals surface area contributed by atoms with Crippen LogP contribution in [-0.4, -0.2) is 158 Å². The van der Waals surface area contributed by atoms with E-state index in [0.717, 1.165) is 68.2 Å². The van der Waals surface area contributed by atoms with Crippen LogP contribution in [0.15, 0.2) is 48.6 Å². The number of nitrogens with zero attached hydrogens (tertiary/aromatic N) is 5. The molecule has 19 heteroatoms. The third-order valence-electron chi connectivity index (χ3n) is 9.30. The predicted molar refractivity (Wildman–Crippen MR) is 189 cm³/mol. The Labute approximate surface area is 316 Å². The zero-order chi connectivity index (χ0) is 40.1. The molecule has 4 aliphatic rings. The molecule has 19 nitrogen and oxygen atoms in total. The number of hydrogen-bond acceptors (Lipinski definition) is 13. The summed E-state index contributed by atoms with van der Waals surface area (Å²) < 4.78 is 0. The Kier molecular flexibility index (Phi) is 15.4. The molecule has 0 radical (unpaired) electrons. The van der Waals surface area contributed by atoms with E-state index in [4.69, 9.17) is 0 Å². The fourth-order valence-electron chi connectivity index (χ4n) is 6.42. The molecule has 0 aromatic carbocycles. The first-order valence-electron chi connectivity index (χ1n) is 18.0. The van der Waals surface area contributed by atoms with Crippen LogP contribution < -0.4 is 10.6 Å². The van der Waals surface area contributed by atoms with Gasteiger partial charge in [-0.3, -0.25) is 72.9 Å². The van der Waals surface area contributed by atoms with Crippen molar-refractivity contribution in [2.24, 2.45) is 0 Å².